The molecule has 0 spiro atoms. The number of halogens is 5. The number of anilines is 2. The van der Waals surface area contributed by atoms with E-state index in [2.05, 4.69) is 20.7 Å². The minimum Gasteiger partial charge on any atom is -0.342 e. The van der Waals surface area contributed by atoms with Crippen LogP contribution in [0, 0.1) is 11.6 Å². The fourth-order valence-electron chi connectivity index (χ4n) is 3.82. The maximum Gasteiger partial charge on any atom is 0.319 e. The minimum atomic E-state index is -2.95. The molecular formula is C20H15ClF4N6O2. The second-order valence-corrected chi connectivity index (χ2v) is 8.25. The lowest BCUT2D eigenvalue weighted by molar-refractivity contribution is -0.116. The van der Waals surface area contributed by atoms with Gasteiger partial charge in [0.05, 0.1) is 12.6 Å². The van der Waals surface area contributed by atoms with Crippen LogP contribution in [0.3, 0.4) is 0 Å². The standard InChI is InChI=1S/C20H15ClF4N6O2/c21-17-16(28-19(33)26-14-7-20(14,24)25)18-27-15(3-4-31(18)29-17)30-8-10(32)6-13(30)11-5-9(22)1-2-12(11)23/h1-5,13-14H,6-8H2,(H2,26,28,33)/t13-,14?/m1/s1. The van der Waals surface area contributed by atoms with Crippen LogP contribution in [-0.4, -0.2) is 44.9 Å². The monoisotopic (exact) mass is 482 g/mol. The zero-order valence-electron chi connectivity index (χ0n) is 16.7. The van der Waals surface area contributed by atoms with Crippen molar-refractivity contribution in [2.24, 2.45) is 0 Å². The van der Waals surface area contributed by atoms with E-state index >= 15 is 0 Å². The van der Waals surface area contributed by atoms with Gasteiger partial charge >= 0.3 is 6.03 Å². The van der Waals surface area contributed by atoms with Crippen LogP contribution in [0.15, 0.2) is 30.5 Å². The first-order valence-electron chi connectivity index (χ1n) is 9.86. The molecule has 2 atom stereocenters. The van der Waals surface area contributed by atoms with E-state index in [1.165, 1.54) is 21.7 Å². The van der Waals surface area contributed by atoms with Crippen molar-refractivity contribution in [3.05, 3.63) is 52.8 Å². The number of carbonyl (C=O) groups is 2. The highest BCUT2D eigenvalue weighted by atomic mass is 35.5. The number of amides is 2. The lowest BCUT2D eigenvalue weighted by Crippen LogP contribution is -2.33. The maximum atomic E-state index is 14.4. The summed E-state index contributed by atoms with van der Waals surface area (Å²) in [6, 6.07) is 1.55. The number of ketones is 1. The van der Waals surface area contributed by atoms with Crippen molar-refractivity contribution in [1.82, 2.24) is 19.9 Å². The molecule has 3 aromatic rings. The van der Waals surface area contributed by atoms with Crippen molar-refractivity contribution in [2.75, 3.05) is 16.8 Å². The summed E-state index contributed by atoms with van der Waals surface area (Å²) in [4.78, 5) is 30.2. The van der Waals surface area contributed by atoms with Crippen molar-refractivity contribution in [3.8, 4) is 0 Å². The summed E-state index contributed by atoms with van der Waals surface area (Å²) < 4.78 is 55.6. The first-order valence-corrected chi connectivity index (χ1v) is 10.2. The number of urea groups is 1. The molecule has 33 heavy (non-hydrogen) atoms. The number of aromatic nitrogens is 3. The Morgan fingerprint density at radius 2 is 2.00 bits per heavy atom. The van der Waals surface area contributed by atoms with E-state index in [1.807, 2.05) is 0 Å². The SMILES string of the molecule is O=C1C[C@H](c2cc(F)ccc2F)N(c2ccn3nc(Cl)c(NC(=O)NC4CC4(F)F)c3n2)C1. The molecule has 172 valence electrons. The molecule has 8 nitrogen and oxygen atoms in total. The van der Waals surface area contributed by atoms with Gasteiger partial charge in [-0.3, -0.25) is 4.79 Å². The van der Waals surface area contributed by atoms with Gasteiger partial charge in [-0.1, -0.05) is 11.6 Å². The smallest absolute Gasteiger partial charge is 0.319 e. The molecule has 0 bridgehead atoms. The third kappa shape index (κ3) is 3.94. The van der Waals surface area contributed by atoms with Crippen LogP contribution in [-0.2, 0) is 4.79 Å². The Bertz CT molecular complexity index is 1300. The van der Waals surface area contributed by atoms with Gasteiger partial charge in [0.15, 0.2) is 16.6 Å². The Balaban J connectivity index is 1.47. The van der Waals surface area contributed by atoms with Gasteiger partial charge in [0, 0.05) is 24.6 Å². The normalized spacial score (nSPS) is 21.5. The molecule has 5 rings (SSSR count). The van der Waals surface area contributed by atoms with E-state index in [0.29, 0.717) is 0 Å². The average Bonchev–Trinajstić information content (AvgIpc) is 3.05. The van der Waals surface area contributed by atoms with Gasteiger partial charge in [-0.25, -0.2) is 31.9 Å². The van der Waals surface area contributed by atoms with Crippen LogP contribution in [0.2, 0.25) is 5.15 Å². The summed E-state index contributed by atoms with van der Waals surface area (Å²) in [5.41, 5.74) is 0.0594. The van der Waals surface area contributed by atoms with Crippen LogP contribution >= 0.6 is 11.6 Å². The van der Waals surface area contributed by atoms with Crippen LogP contribution in [0.4, 0.5) is 33.9 Å². The van der Waals surface area contributed by atoms with Gasteiger partial charge in [0.2, 0.25) is 0 Å². The summed E-state index contributed by atoms with van der Waals surface area (Å²) in [6.07, 6.45) is 0.964. The second-order valence-electron chi connectivity index (χ2n) is 7.89. The fraction of sp³-hybridized carbons (Fsp3) is 0.300. The van der Waals surface area contributed by atoms with Crippen LogP contribution in [0.1, 0.15) is 24.4 Å². The van der Waals surface area contributed by atoms with E-state index in [9.17, 15) is 27.2 Å². The van der Waals surface area contributed by atoms with E-state index in [4.69, 9.17) is 11.6 Å². The zero-order chi connectivity index (χ0) is 23.5. The van der Waals surface area contributed by atoms with Gasteiger partial charge in [0.1, 0.15) is 29.2 Å². The molecule has 1 saturated heterocycles. The number of hydrogen-bond acceptors (Lipinski definition) is 5. The molecule has 2 aliphatic rings. The Morgan fingerprint density at radius 1 is 1.24 bits per heavy atom. The lowest BCUT2D eigenvalue weighted by Gasteiger charge is -2.25. The molecule has 2 fully saturated rings. The van der Waals surface area contributed by atoms with E-state index < -0.39 is 42.1 Å². The molecule has 3 heterocycles. The number of carbonyl (C=O) groups excluding carboxylic acids is 2. The number of hydrogen-bond donors (Lipinski definition) is 2. The number of nitrogens with one attached hydrogen (secondary N) is 2. The first kappa shape index (κ1) is 21.4. The Kier molecular flexibility index (Phi) is 4.92. The van der Waals surface area contributed by atoms with Gasteiger partial charge in [-0.2, -0.15) is 5.10 Å². The molecule has 1 aliphatic carbocycles. The first-order chi connectivity index (χ1) is 15.6. The molecule has 0 radical (unpaired) electrons. The molecule has 2 amide bonds. The van der Waals surface area contributed by atoms with Crippen molar-refractivity contribution in [3.63, 3.8) is 0 Å². The van der Waals surface area contributed by atoms with Gasteiger partial charge in [-0.15, -0.1) is 0 Å². The topological polar surface area (TPSA) is 91.6 Å². The number of fused-ring (bicyclic) bond motifs is 1. The molecule has 1 saturated carbocycles. The van der Waals surface area contributed by atoms with Crippen molar-refractivity contribution >= 4 is 40.6 Å². The zero-order valence-corrected chi connectivity index (χ0v) is 17.4. The summed E-state index contributed by atoms with van der Waals surface area (Å²) >= 11 is 6.10. The van der Waals surface area contributed by atoms with Crippen LogP contribution in [0.5, 0.6) is 0 Å². The quantitative estimate of drug-likeness (QED) is 0.553. The predicted octanol–water partition coefficient (Wildman–Crippen LogP) is 3.71. The van der Waals surface area contributed by atoms with Crippen molar-refractivity contribution in [2.45, 2.75) is 30.8 Å². The lowest BCUT2D eigenvalue weighted by atomic mass is 10.0. The second kappa shape index (κ2) is 7.58. The molecule has 1 unspecified atom stereocenters. The highest BCUT2D eigenvalue weighted by Gasteiger charge is 2.58. The minimum absolute atomic E-state index is 0.0113. The molecule has 1 aromatic carbocycles. The molecule has 2 N–H and O–H groups in total. The highest BCUT2D eigenvalue weighted by Crippen LogP contribution is 2.42. The Morgan fingerprint density at radius 3 is 2.73 bits per heavy atom. The Hall–Kier alpha value is -3.41. The summed E-state index contributed by atoms with van der Waals surface area (Å²) in [6.45, 7) is -0.0916. The largest absolute Gasteiger partial charge is 0.342 e. The van der Waals surface area contributed by atoms with Gasteiger partial charge in [0.25, 0.3) is 5.92 Å². The number of rotatable bonds is 4. The fourth-order valence-corrected chi connectivity index (χ4v) is 4.03. The van der Waals surface area contributed by atoms with Gasteiger partial charge < -0.3 is 15.5 Å². The van der Waals surface area contributed by atoms with Gasteiger partial charge in [-0.05, 0) is 24.3 Å². The van der Waals surface area contributed by atoms with E-state index in [0.717, 1.165) is 18.2 Å². The number of benzene rings is 1. The van der Waals surface area contributed by atoms with Crippen molar-refractivity contribution in [1.29, 1.82) is 0 Å². The molecule has 13 heteroatoms. The highest BCUT2D eigenvalue weighted by molar-refractivity contribution is 6.33. The Labute approximate surface area is 188 Å². The number of alkyl halides is 2. The van der Waals surface area contributed by atoms with Crippen molar-refractivity contribution < 1.29 is 27.2 Å². The number of nitrogens with zero attached hydrogens (tertiary/aromatic N) is 4. The third-order valence-electron chi connectivity index (χ3n) is 5.55. The molecule has 1 aliphatic heterocycles. The van der Waals surface area contributed by atoms with E-state index in [1.54, 1.807) is 0 Å². The molecular weight excluding hydrogens is 468 g/mol. The maximum absolute atomic E-state index is 14.4. The average molecular weight is 483 g/mol. The predicted molar refractivity (Wildman–Crippen MR) is 110 cm³/mol. The van der Waals surface area contributed by atoms with E-state index in [-0.39, 0.29) is 46.6 Å². The summed E-state index contributed by atoms with van der Waals surface area (Å²) in [5, 5.41) is 8.38. The summed E-state index contributed by atoms with van der Waals surface area (Å²) in [7, 11) is 0. The number of Topliss-reactive ketones (excluding diaryl/α,β-unsaturated/α-hetero) is 1. The third-order valence-corrected chi connectivity index (χ3v) is 5.82. The summed E-state index contributed by atoms with van der Waals surface area (Å²) in [5.74, 6) is -4.21. The van der Waals surface area contributed by atoms with Crippen LogP contribution < -0.4 is 15.5 Å². The molecule has 2 aromatic heterocycles. The van der Waals surface area contributed by atoms with Crippen LogP contribution in [0.25, 0.3) is 5.65 Å².